The van der Waals surface area contributed by atoms with E-state index in [4.69, 9.17) is 4.42 Å². The highest BCUT2D eigenvalue weighted by atomic mass is 32.2. The van der Waals surface area contributed by atoms with Crippen molar-refractivity contribution in [2.45, 2.75) is 25.5 Å². The van der Waals surface area contributed by atoms with Gasteiger partial charge in [-0.15, -0.1) is 16.8 Å². The Bertz CT molecular complexity index is 1170. The number of hydrogen-bond acceptors (Lipinski definition) is 5. The number of carbonyl (C=O) groups excluding carboxylic acids is 1. The third-order valence-corrected chi connectivity index (χ3v) is 5.57. The topological polar surface area (TPSA) is 76.7 Å². The number of hydrogen-bond donors (Lipinski definition) is 1. The second kappa shape index (κ2) is 7.52. The zero-order valence-corrected chi connectivity index (χ0v) is 16.5. The van der Waals surface area contributed by atoms with Gasteiger partial charge in [-0.2, -0.15) is 0 Å². The summed E-state index contributed by atoms with van der Waals surface area (Å²) in [5.41, 5.74) is 3.57. The first-order valence-corrected chi connectivity index (χ1v) is 9.90. The van der Waals surface area contributed by atoms with E-state index >= 15 is 0 Å². The molecule has 0 aliphatic carbocycles. The Morgan fingerprint density at radius 1 is 1.29 bits per heavy atom. The largest absolute Gasteiger partial charge is 0.461 e. The number of benzene rings is 1. The summed E-state index contributed by atoms with van der Waals surface area (Å²) < 4.78 is 7.48. The number of aromatic nitrogens is 4. The minimum Gasteiger partial charge on any atom is -0.461 e. The van der Waals surface area contributed by atoms with Crippen molar-refractivity contribution in [1.29, 1.82) is 0 Å². The first-order chi connectivity index (χ1) is 13.6. The maximum Gasteiger partial charge on any atom is 0.201 e. The van der Waals surface area contributed by atoms with Crippen molar-refractivity contribution >= 4 is 28.4 Å². The summed E-state index contributed by atoms with van der Waals surface area (Å²) in [4.78, 5) is 16.2. The van der Waals surface area contributed by atoms with Gasteiger partial charge < -0.3 is 9.40 Å². The van der Waals surface area contributed by atoms with Gasteiger partial charge in [-0.25, -0.2) is 0 Å². The molecule has 6 nitrogen and oxygen atoms in total. The van der Waals surface area contributed by atoms with E-state index in [9.17, 15) is 4.79 Å². The molecule has 28 heavy (non-hydrogen) atoms. The Labute approximate surface area is 166 Å². The molecule has 0 unspecified atom stereocenters. The molecule has 0 radical (unpaired) electrons. The second-order valence-electron chi connectivity index (χ2n) is 6.52. The fourth-order valence-corrected chi connectivity index (χ4v) is 4.12. The summed E-state index contributed by atoms with van der Waals surface area (Å²) in [5, 5.41) is 10.2. The molecule has 4 rings (SSSR count). The second-order valence-corrected chi connectivity index (χ2v) is 7.46. The predicted molar refractivity (Wildman–Crippen MR) is 111 cm³/mol. The van der Waals surface area contributed by atoms with Crippen LogP contribution in [0.5, 0.6) is 0 Å². The zero-order valence-electron chi connectivity index (χ0n) is 15.7. The van der Waals surface area contributed by atoms with Gasteiger partial charge >= 0.3 is 0 Å². The molecule has 3 aromatic heterocycles. The normalized spacial score (nSPS) is 11.2. The molecule has 0 aliphatic rings. The number of carbonyl (C=O) groups is 1. The van der Waals surface area contributed by atoms with Crippen LogP contribution in [0.25, 0.3) is 22.5 Å². The molecule has 0 saturated heterocycles. The van der Waals surface area contributed by atoms with Crippen molar-refractivity contribution in [2.24, 2.45) is 0 Å². The average molecular weight is 392 g/mol. The van der Waals surface area contributed by atoms with Crippen molar-refractivity contribution in [2.75, 3.05) is 5.75 Å². The highest BCUT2D eigenvalue weighted by molar-refractivity contribution is 7.99. The van der Waals surface area contributed by atoms with E-state index in [2.05, 4.69) is 21.8 Å². The van der Waals surface area contributed by atoms with Crippen LogP contribution in [0.1, 0.15) is 21.6 Å². The molecule has 7 heteroatoms. The number of aromatic amines is 1. The lowest BCUT2D eigenvalue weighted by Crippen LogP contribution is -2.06. The number of Topliss-reactive ketones (excluding diaryl/α,β-unsaturated/α-hetero) is 1. The number of ketones is 1. The van der Waals surface area contributed by atoms with Crippen molar-refractivity contribution in [3.8, 4) is 11.6 Å². The van der Waals surface area contributed by atoms with Crippen LogP contribution < -0.4 is 0 Å². The lowest BCUT2D eigenvalue weighted by atomic mass is 10.1. The van der Waals surface area contributed by atoms with Gasteiger partial charge in [0.1, 0.15) is 0 Å². The highest BCUT2D eigenvalue weighted by Gasteiger charge is 2.20. The summed E-state index contributed by atoms with van der Waals surface area (Å²) in [5.74, 6) is 1.65. The van der Waals surface area contributed by atoms with Gasteiger partial charge in [-0.3, -0.25) is 9.36 Å². The van der Waals surface area contributed by atoms with Gasteiger partial charge in [-0.05, 0) is 31.5 Å². The summed E-state index contributed by atoms with van der Waals surface area (Å²) in [6.45, 7) is 8.24. The monoisotopic (exact) mass is 392 g/mol. The van der Waals surface area contributed by atoms with Crippen molar-refractivity contribution in [1.82, 2.24) is 19.7 Å². The maximum absolute atomic E-state index is 12.9. The van der Waals surface area contributed by atoms with Crippen molar-refractivity contribution < 1.29 is 9.21 Å². The van der Waals surface area contributed by atoms with Crippen LogP contribution in [0.15, 0.2) is 58.8 Å². The number of allylic oxidation sites excluding steroid dienone is 1. The van der Waals surface area contributed by atoms with E-state index < -0.39 is 0 Å². The summed E-state index contributed by atoms with van der Waals surface area (Å²) in [6.07, 6.45) is 3.41. The van der Waals surface area contributed by atoms with E-state index in [1.807, 2.05) is 48.7 Å². The first kappa shape index (κ1) is 18.3. The van der Waals surface area contributed by atoms with Crippen LogP contribution in [0.2, 0.25) is 0 Å². The Balaban J connectivity index is 1.60. The molecule has 3 heterocycles. The van der Waals surface area contributed by atoms with Gasteiger partial charge in [0, 0.05) is 28.7 Å². The average Bonchev–Trinajstić information content (AvgIpc) is 3.36. The van der Waals surface area contributed by atoms with Gasteiger partial charge in [-0.1, -0.05) is 36.0 Å². The molecule has 1 N–H and O–H groups in total. The first-order valence-electron chi connectivity index (χ1n) is 8.92. The zero-order chi connectivity index (χ0) is 19.7. The molecule has 0 aliphatic heterocycles. The lowest BCUT2D eigenvalue weighted by Gasteiger charge is -2.07. The molecule has 4 aromatic rings. The van der Waals surface area contributed by atoms with Crippen LogP contribution >= 0.6 is 11.8 Å². The lowest BCUT2D eigenvalue weighted by molar-refractivity contribution is 0.102. The van der Waals surface area contributed by atoms with Gasteiger partial charge in [0.2, 0.25) is 5.82 Å². The summed E-state index contributed by atoms with van der Waals surface area (Å²) >= 11 is 1.37. The third kappa shape index (κ3) is 3.18. The Hall–Kier alpha value is -3.06. The van der Waals surface area contributed by atoms with Crippen LogP contribution in [-0.4, -0.2) is 31.3 Å². The Morgan fingerprint density at radius 2 is 2.11 bits per heavy atom. The number of rotatable bonds is 7. The SMILES string of the molecule is C=CCn1c(SCC(=O)c2c(C)[nH]c3ccccc23)nnc1-c1occc1C. The van der Waals surface area contributed by atoms with E-state index in [0.717, 1.165) is 27.7 Å². The third-order valence-electron chi connectivity index (χ3n) is 4.60. The van der Waals surface area contributed by atoms with E-state index in [1.165, 1.54) is 11.8 Å². The van der Waals surface area contributed by atoms with Gasteiger partial charge in [0.05, 0.1) is 12.0 Å². The molecule has 0 bridgehead atoms. The Kier molecular flexibility index (Phi) is 4.92. The fraction of sp³-hybridized carbons (Fsp3) is 0.190. The molecular formula is C21H20N4O2S. The number of aryl methyl sites for hydroxylation is 2. The standard InChI is InChI=1S/C21H20N4O2S/c1-4-10-25-20(19-13(2)9-11-27-19)23-24-21(25)28-12-17(26)18-14(3)22-16-8-6-5-7-15(16)18/h4-9,11,22H,1,10,12H2,2-3H3. The Morgan fingerprint density at radius 3 is 2.86 bits per heavy atom. The van der Waals surface area contributed by atoms with Crippen molar-refractivity contribution in [3.63, 3.8) is 0 Å². The molecule has 0 saturated carbocycles. The molecule has 0 atom stereocenters. The quantitative estimate of drug-likeness (QED) is 0.278. The van der Waals surface area contributed by atoms with E-state index in [1.54, 1.807) is 12.3 Å². The highest BCUT2D eigenvalue weighted by Crippen LogP contribution is 2.29. The predicted octanol–water partition coefficient (Wildman–Crippen LogP) is 4.80. The number of furan rings is 1. The fourth-order valence-electron chi connectivity index (χ4n) is 3.30. The maximum atomic E-state index is 12.9. The summed E-state index contributed by atoms with van der Waals surface area (Å²) in [7, 11) is 0. The number of thioether (sulfide) groups is 1. The van der Waals surface area contributed by atoms with Gasteiger partial charge in [0.15, 0.2) is 16.7 Å². The molecular weight excluding hydrogens is 372 g/mol. The van der Waals surface area contributed by atoms with Crippen molar-refractivity contribution in [3.05, 3.63) is 66.1 Å². The number of nitrogens with zero attached hydrogens (tertiary/aromatic N) is 3. The van der Waals surface area contributed by atoms with E-state index in [-0.39, 0.29) is 11.5 Å². The molecule has 0 spiro atoms. The van der Waals surface area contributed by atoms with Crippen LogP contribution in [0.4, 0.5) is 0 Å². The smallest absolute Gasteiger partial charge is 0.201 e. The number of para-hydroxylation sites is 1. The number of nitrogens with one attached hydrogen (secondary N) is 1. The van der Waals surface area contributed by atoms with Crippen LogP contribution in [0, 0.1) is 13.8 Å². The minimum atomic E-state index is 0.0591. The van der Waals surface area contributed by atoms with Crippen LogP contribution in [0.3, 0.4) is 0 Å². The molecule has 1 aromatic carbocycles. The minimum absolute atomic E-state index is 0.0591. The molecule has 0 amide bonds. The van der Waals surface area contributed by atoms with Gasteiger partial charge in [0.25, 0.3) is 0 Å². The number of H-pyrrole nitrogens is 1. The van der Waals surface area contributed by atoms with Crippen LogP contribution in [-0.2, 0) is 6.54 Å². The summed E-state index contributed by atoms with van der Waals surface area (Å²) in [6, 6.07) is 9.73. The molecule has 142 valence electrons. The van der Waals surface area contributed by atoms with E-state index in [0.29, 0.717) is 23.3 Å². The number of fused-ring (bicyclic) bond motifs is 1. The molecule has 0 fully saturated rings.